The standard InChI is InChI=1S/C20H28N4O4/c1-3-10-28-17-5-4-15(20(26)23-9-7-19(25)27-2)12-16(17)24-18-11-14(13-21)6-8-22-18/h6,8,11,15-17H,3-5,7,9-10,12H2,1-2H3,(H,22,24)(H,23,26)/t15-,16+,17+/m0/s1. The number of hydrogen-bond donors (Lipinski definition) is 2. The highest BCUT2D eigenvalue weighted by Gasteiger charge is 2.34. The van der Waals surface area contributed by atoms with Gasteiger partial charge in [0.05, 0.1) is 37.3 Å². The Morgan fingerprint density at radius 3 is 2.93 bits per heavy atom. The first-order chi connectivity index (χ1) is 13.6. The summed E-state index contributed by atoms with van der Waals surface area (Å²) >= 11 is 0. The van der Waals surface area contributed by atoms with E-state index < -0.39 is 0 Å². The Bertz CT molecular complexity index is 704. The van der Waals surface area contributed by atoms with Gasteiger partial charge in [-0.2, -0.15) is 5.26 Å². The van der Waals surface area contributed by atoms with Crippen LogP contribution in [-0.2, 0) is 19.1 Å². The van der Waals surface area contributed by atoms with Crippen molar-refractivity contribution in [3.05, 3.63) is 23.9 Å². The summed E-state index contributed by atoms with van der Waals surface area (Å²) in [5, 5.41) is 15.2. The smallest absolute Gasteiger partial charge is 0.307 e. The van der Waals surface area contributed by atoms with Crippen LogP contribution in [0.15, 0.2) is 18.3 Å². The molecule has 0 saturated heterocycles. The van der Waals surface area contributed by atoms with E-state index in [1.165, 1.54) is 7.11 Å². The topological polar surface area (TPSA) is 113 Å². The Kier molecular flexibility index (Phi) is 8.69. The number of rotatable bonds is 9. The Morgan fingerprint density at radius 2 is 2.21 bits per heavy atom. The van der Waals surface area contributed by atoms with Gasteiger partial charge in [-0.05, 0) is 37.8 Å². The van der Waals surface area contributed by atoms with Gasteiger partial charge < -0.3 is 20.1 Å². The molecule has 8 nitrogen and oxygen atoms in total. The van der Waals surface area contributed by atoms with Gasteiger partial charge in [0.25, 0.3) is 0 Å². The number of carbonyl (C=O) groups is 2. The molecule has 1 aliphatic carbocycles. The highest BCUT2D eigenvalue weighted by molar-refractivity contribution is 5.79. The second kappa shape index (κ2) is 11.2. The molecule has 28 heavy (non-hydrogen) atoms. The van der Waals surface area contributed by atoms with Gasteiger partial charge in [-0.1, -0.05) is 6.92 Å². The molecule has 1 aliphatic rings. The second-order valence-electron chi connectivity index (χ2n) is 6.83. The van der Waals surface area contributed by atoms with Gasteiger partial charge in [0.2, 0.25) is 5.91 Å². The van der Waals surface area contributed by atoms with Crippen molar-refractivity contribution in [1.82, 2.24) is 10.3 Å². The van der Waals surface area contributed by atoms with E-state index in [2.05, 4.69) is 33.3 Å². The number of methoxy groups -OCH3 is 1. The molecule has 0 bridgehead atoms. The third kappa shape index (κ3) is 6.50. The van der Waals surface area contributed by atoms with Crippen molar-refractivity contribution in [1.29, 1.82) is 5.26 Å². The molecule has 0 aliphatic heterocycles. The van der Waals surface area contributed by atoms with Crippen molar-refractivity contribution in [2.24, 2.45) is 5.92 Å². The van der Waals surface area contributed by atoms with Gasteiger partial charge in [-0.3, -0.25) is 9.59 Å². The summed E-state index contributed by atoms with van der Waals surface area (Å²) in [6, 6.07) is 5.35. The number of ether oxygens (including phenoxy) is 2. The van der Waals surface area contributed by atoms with E-state index in [0.29, 0.717) is 24.4 Å². The Labute approximate surface area is 165 Å². The number of nitrogens with one attached hydrogen (secondary N) is 2. The van der Waals surface area contributed by atoms with Crippen LogP contribution < -0.4 is 10.6 Å². The fraction of sp³-hybridized carbons (Fsp3) is 0.600. The Morgan fingerprint density at radius 1 is 1.39 bits per heavy atom. The molecule has 3 atom stereocenters. The maximum atomic E-state index is 12.5. The van der Waals surface area contributed by atoms with Crippen LogP contribution in [0.2, 0.25) is 0 Å². The number of pyridine rings is 1. The third-order valence-electron chi connectivity index (χ3n) is 4.77. The monoisotopic (exact) mass is 388 g/mol. The molecule has 0 unspecified atom stereocenters. The van der Waals surface area contributed by atoms with Crippen molar-refractivity contribution >= 4 is 17.7 Å². The molecule has 2 N–H and O–H groups in total. The summed E-state index contributed by atoms with van der Waals surface area (Å²) in [6.45, 7) is 2.98. The van der Waals surface area contributed by atoms with E-state index in [1.807, 2.05) is 0 Å². The molecule has 152 valence electrons. The lowest BCUT2D eigenvalue weighted by Crippen LogP contribution is -2.45. The van der Waals surface area contributed by atoms with Crippen LogP contribution in [0.5, 0.6) is 0 Å². The van der Waals surface area contributed by atoms with Gasteiger partial charge in [0.15, 0.2) is 0 Å². The van der Waals surface area contributed by atoms with Crippen LogP contribution in [0.4, 0.5) is 5.82 Å². The van der Waals surface area contributed by atoms with Crippen molar-refractivity contribution in [2.45, 2.75) is 51.2 Å². The first-order valence-electron chi connectivity index (χ1n) is 9.66. The molecule has 1 aromatic rings. The van der Waals surface area contributed by atoms with E-state index in [1.54, 1.807) is 18.3 Å². The zero-order valence-electron chi connectivity index (χ0n) is 16.4. The number of nitriles is 1. The molecule has 0 spiro atoms. The zero-order chi connectivity index (χ0) is 20.4. The predicted octanol–water partition coefficient (Wildman–Crippen LogP) is 2.01. The van der Waals surface area contributed by atoms with E-state index in [4.69, 9.17) is 10.00 Å². The van der Waals surface area contributed by atoms with Crippen LogP contribution in [0.1, 0.15) is 44.6 Å². The third-order valence-corrected chi connectivity index (χ3v) is 4.77. The number of carbonyl (C=O) groups excluding carboxylic acids is 2. The zero-order valence-corrected chi connectivity index (χ0v) is 16.4. The maximum absolute atomic E-state index is 12.5. The Hall–Kier alpha value is -2.66. The quantitative estimate of drug-likeness (QED) is 0.622. The molecule has 1 saturated carbocycles. The molecule has 1 aromatic heterocycles. The highest BCUT2D eigenvalue weighted by Crippen LogP contribution is 2.29. The minimum atomic E-state index is -0.347. The lowest BCUT2D eigenvalue weighted by Gasteiger charge is -2.36. The van der Waals surface area contributed by atoms with Gasteiger partial charge in [0.1, 0.15) is 5.82 Å². The molecule has 1 amide bonds. The molecule has 0 radical (unpaired) electrons. The van der Waals surface area contributed by atoms with Crippen molar-refractivity contribution in [2.75, 3.05) is 25.6 Å². The van der Waals surface area contributed by atoms with Crippen LogP contribution in [0, 0.1) is 17.2 Å². The predicted molar refractivity (Wildman–Crippen MR) is 103 cm³/mol. The SMILES string of the molecule is CCCO[C@@H]1CC[C@H](C(=O)NCCC(=O)OC)C[C@H]1Nc1cc(C#N)ccn1. The van der Waals surface area contributed by atoms with Crippen LogP contribution in [0.25, 0.3) is 0 Å². The number of anilines is 1. The van der Waals surface area contributed by atoms with Gasteiger partial charge in [-0.15, -0.1) is 0 Å². The van der Waals surface area contributed by atoms with Crippen LogP contribution in [0.3, 0.4) is 0 Å². The van der Waals surface area contributed by atoms with E-state index in [0.717, 1.165) is 19.3 Å². The second-order valence-corrected chi connectivity index (χ2v) is 6.83. The molecule has 1 fully saturated rings. The van der Waals surface area contributed by atoms with Crippen molar-refractivity contribution < 1.29 is 19.1 Å². The minimum Gasteiger partial charge on any atom is -0.469 e. The molecule has 1 heterocycles. The van der Waals surface area contributed by atoms with Crippen molar-refractivity contribution in [3.63, 3.8) is 0 Å². The summed E-state index contributed by atoms with van der Waals surface area (Å²) in [5.74, 6) is 0.0139. The summed E-state index contributed by atoms with van der Waals surface area (Å²) in [5.41, 5.74) is 0.524. The molecule has 8 heteroatoms. The van der Waals surface area contributed by atoms with E-state index in [9.17, 15) is 9.59 Å². The summed E-state index contributed by atoms with van der Waals surface area (Å²) in [4.78, 5) is 28.0. The molecular weight excluding hydrogens is 360 g/mol. The Balaban J connectivity index is 1.99. The normalized spacial score (nSPS) is 21.4. The molecular formula is C20H28N4O4. The average Bonchev–Trinajstić information content (AvgIpc) is 2.72. The number of hydrogen-bond acceptors (Lipinski definition) is 7. The largest absolute Gasteiger partial charge is 0.469 e. The highest BCUT2D eigenvalue weighted by atomic mass is 16.5. The number of nitrogens with zero attached hydrogens (tertiary/aromatic N) is 2. The lowest BCUT2D eigenvalue weighted by atomic mass is 9.83. The first-order valence-corrected chi connectivity index (χ1v) is 9.66. The van der Waals surface area contributed by atoms with E-state index in [-0.39, 0.29) is 42.9 Å². The number of esters is 1. The number of aromatic nitrogens is 1. The van der Waals surface area contributed by atoms with E-state index >= 15 is 0 Å². The maximum Gasteiger partial charge on any atom is 0.307 e. The minimum absolute atomic E-state index is 0.0217. The van der Waals surface area contributed by atoms with Gasteiger partial charge >= 0.3 is 5.97 Å². The fourth-order valence-electron chi connectivity index (χ4n) is 3.30. The summed E-state index contributed by atoms with van der Waals surface area (Å²) < 4.78 is 10.6. The van der Waals surface area contributed by atoms with Gasteiger partial charge in [0, 0.05) is 25.3 Å². The average molecular weight is 388 g/mol. The summed E-state index contributed by atoms with van der Waals surface area (Å²) in [6.07, 6.45) is 4.71. The fourth-order valence-corrected chi connectivity index (χ4v) is 3.30. The lowest BCUT2D eigenvalue weighted by molar-refractivity contribution is -0.140. The molecule has 0 aromatic carbocycles. The van der Waals surface area contributed by atoms with Crippen molar-refractivity contribution in [3.8, 4) is 6.07 Å². The first kappa shape index (κ1) is 21.6. The van der Waals surface area contributed by atoms with Gasteiger partial charge in [-0.25, -0.2) is 4.98 Å². The summed E-state index contributed by atoms with van der Waals surface area (Å²) in [7, 11) is 1.33. The molecule has 2 rings (SSSR count). The van der Waals surface area contributed by atoms with Crippen LogP contribution in [-0.4, -0.2) is 49.3 Å². The number of amides is 1. The van der Waals surface area contributed by atoms with Crippen LogP contribution >= 0.6 is 0 Å².